The van der Waals surface area contributed by atoms with Crippen molar-refractivity contribution in [1.82, 2.24) is 8.61 Å². The van der Waals surface area contributed by atoms with Crippen LogP contribution >= 0.6 is 0 Å². The van der Waals surface area contributed by atoms with E-state index < -0.39 is 38.3 Å². The van der Waals surface area contributed by atoms with Gasteiger partial charge >= 0.3 is 5.97 Å². The average Bonchev–Trinajstić information content (AvgIpc) is 2.42. The Kier molecular flexibility index (Phi) is 9.13. The number of rotatable bonds is 11. The van der Waals surface area contributed by atoms with Gasteiger partial charge in [0.25, 0.3) is 0 Å². The van der Waals surface area contributed by atoms with Gasteiger partial charge in [0.15, 0.2) is 0 Å². The lowest BCUT2D eigenvalue weighted by molar-refractivity contribution is -0.143. The van der Waals surface area contributed by atoms with E-state index in [9.17, 15) is 21.6 Å². The molecule has 0 N–H and O–H groups in total. The van der Waals surface area contributed by atoms with Crippen LogP contribution in [0.4, 0.5) is 0 Å². The molecule has 0 unspecified atom stereocenters. The van der Waals surface area contributed by atoms with E-state index in [1.807, 2.05) is 0 Å². The summed E-state index contributed by atoms with van der Waals surface area (Å²) in [5.41, 5.74) is 0. The third kappa shape index (κ3) is 7.52. The van der Waals surface area contributed by atoms with Crippen LogP contribution in [0.3, 0.4) is 0 Å². The number of carbonyl (C=O) groups excluding carboxylic acids is 1. The number of unbranched alkanes of at least 4 members (excludes halogenated alkanes) is 1. The number of hydrogen-bond acceptors (Lipinski definition) is 7. The summed E-state index contributed by atoms with van der Waals surface area (Å²) in [4.78, 5) is 13.5. The Bertz CT molecular complexity index is 542. The number of hydrogen-bond donors (Lipinski definition) is 0. The summed E-state index contributed by atoms with van der Waals surface area (Å²) < 4.78 is 53.3. The zero-order valence-electron chi connectivity index (χ0n) is 13.6. The molecule has 0 fully saturated rings. The van der Waals surface area contributed by atoms with Crippen molar-refractivity contribution in [3.05, 3.63) is 0 Å². The monoisotopic (exact) mass is 358 g/mol. The second kappa shape index (κ2) is 9.43. The predicted octanol–water partition coefficient (Wildman–Crippen LogP) is -0.127. The molecule has 10 heteroatoms. The summed E-state index contributed by atoms with van der Waals surface area (Å²) >= 11 is 0. The molecule has 0 aromatic carbocycles. The molecule has 0 bridgehead atoms. The van der Waals surface area contributed by atoms with Crippen LogP contribution in [0.2, 0.25) is 0 Å². The summed E-state index contributed by atoms with van der Waals surface area (Å²) in [6.45, 7) is 2.85. The summed E-state index contributed by atoms with van der Waals surface area (Å²) in [5, 5.41) is 0. The first kappa shape index (κ1) is 21.3. The van der Waals surface area contributed by atoms with Gasteiger partial charge in [-0.3, -0.25) is 4.79 Å². The van der Waals surface area contributed by atoms with Crippen LogP contribution in [-0.2, 0) is 29.6 Å². The van der Waals surface area contributed by atoms with Crippen molar-refractivity contribution in [3.8, 4) is 0 Å². The number of ether oxygens (including phenoxy) is 1. The molecule has 0 amide bonds. The first-order chi connectivity index (χ1) is 10.1. The van der Waals surface area contributed by atoms with E-state index in [0.717, 1.165) is 0 Å². The van der Waals surface area contributed by atoms with E-state index >= 15 is 0 Å². The molecule has 22 heavy (non-hydrogen) atoms. The smallest absolute Gasteiger partial charge is 0.322 e. The van der Waals surface area contributed by atoms with Gasteiger partial charge < -0.3 is 9.64 Å². The number of nitrogens with zero attached hydrogens (tertiary/aromatic N) is 2. The van der Waals surface area contributed by atoms with Crippen molar-refractivity contribution in [3.63, 3.8) is 0 Å². The highest BCUT2D eigenvalue weighted by Gasteiger charge is 2.34. The van der Waals surface area contributed by atoms with Gasteiger partial charge in [-0.15, -0.1) is 0 Å². The minimum absolute atomic E-state index is 0.0703. The quantitative estimate of drug-likeness (QED) is 0.474. The molecule has 0 rings (SSSR count). The molecular formula is C12H26N2O6S2. The third-order valence-corrected chi connectivity index (χ3v) is 7.20. The Labute approximate surface area is 133 Å². The van der Waals surface area contributed by atoms with Gasteiger partial charge in [-0.05, 0) is 27.4 Å². The molecule has 0 saturated carbocycles. The fraction of sp³-hybridized carbons (Fsp3) is 0.917. The number of sulfonamides is 2. The fourth-order valence-electron chi connectivity index (χ4n) is 1.44. The Hall–Kier alpha value is -0.710. The Morgan fingerprint density at radius 3 is 2.09 bits per heavy atom. The van der Waals surface area contributed by atoms with Crippen LogP contribution in [0, 0.1) is 0 Å². The summed E-state index contributed by atoms with van der Waals surface area (Å²) in [6, 6.07) is 0. The molecule has 0 radical (unpaired) electrons. The average molecular weight is 358 g/mol. The van der Waals surface area contributed by atoms with Crippen molar-refractivity contribution in [2.75, 3.05) is 45.3 Å². The molecule has 132 valence electrons. The van der Waals surface area contributed by atoms with Crippen LogP contribution in [0.1, 0.15) is 26.7 Å². The van der Waals surface area contributed by atoms with Crippen LogP contribution < -0.4 is 0 Å². The lowest BCUT2D eigenvalue weighted by Crippen LogP contribution is -2.43. The first-order valence-electron chi connectivity index (χ1n) is 7.10. The van der Waals surface area contributed by atoms with Crippen molar-refractivity contribution < 1.29 is 26.4 Å². The summed E-state index contributed by atoms with van der Waals surface area (Å²) in [5.74, 6) is -1.59. The molecule has 0 aromatic rings. The zero-order valence-corrected chi connectivity index (χ0v) is 15.2. The van der Waals surface area contributed by atoms with Crippen LogP contribution in [0.5, 0.6) is 0 Å². The number of carbonyl (C=O) groups is 1. The second-order valence-corrected chi connectivity index (χ2v) is 9.45. The van der Waals surface area contributed by atoms with Gasteiger partial charge in [0, 0.05) is 6.54 Å². The van der Waals surface area contributed by atoms with Gasteiger partial charge in [0.2, 0.25) is 20.0 Å². The van der Waals surface area contributed by atoms with Crippen molar-refractivity contribution in [2.45, 2.75) is 26.7 Å². The van der Waals surface area contributed by atoms with E-state index in [-0.39, 0.29) is 16.1 Å². The lowest BCUT2D eigenvalue weighted by Gasteiger charge is -2.20. The van der Waals surface area contributed by atoms with E-state index in [2.05, 4.69) is 0 Å². The van der Waals surface area contributed by atoms with E-state index in [1.54, 1.807) is 25.9 Å². The van der Waals surface area contributed by atoms with E-state index in [4.69, 9.17) is 4.74 Å². The summed E-state index contributed by atoms with van der Waals surface area (Å²) in [7, 11) is -4.53. The maximum atomic E-state index is 12.1. The highest BCUT2D eigenvalue weighted by atomic mass is 32.3. The molecule has 0 aliphatic carbocycles. The topological polar surface area (TPSA) is 101 Å². The minimum atomic E-state index is -4.06. The predicted molar refractivity (Wildman–Crippen MR) is 84.4 cm³/mol. The zero-order chi connectivity index (χ0) is 17.4. The highest BCUT2D eigenvalue weighted by Crippen LogP contribution is 2.12. The highest BCUT2D eigenvalue weighted by molar-refractivity contribution is 8.04. The number of likely N-dealkylation sites (N-methyl/N-ethyl adjacent to an activating group) is 1. The maximum Gasteiger partial charge on any atom is 0.322 e. The number of esters is 1. The molecule has 0 saturated heterocycles. The van der Waals surface area contributed by atoms with Gasteiger partial charge in [-0.25, -0.2) is 16.8 Å². The Balaban J connectivity index is 5.01. The van der Waals surface area contributed by atoms with Crippen molar-refractivity contribution in [2.24, 2.45) is 0 Å². The van der Waals surface area contributed by atoms with Crippen molar-refractivity contribution in [1.29, 1.82) is 0 Å². The maximum absolute atomic E-state index is 12.1. The molecule has 0 heterocycles. The second-order valence-electron chi connectivity index (χ2n) is 5.02. The Morgan fingerprint density at radius 2 is 1.64 bits per heavy atom. The van der Waals surface area contributed by atoms with Crippen molar-refractivity contribution >= 4 is 26.0 Å². The van der Waals surface area contributed by atoms with E-state index in [0.29, 0.717) is 19.4 Å². The molecule has 0 aromatic heterocycles. The SMILES string of the molecule is CCCCS(=O)(=O)N(CC(=O)OCCN(C)C)S(=O)(=O)CC. The summed E-state index contributed by atoms with van der Waals surface area (Å²) in [6.07, 6.45) is 0.931. The third-order valence-electron chi connectivity index (χ3n) is 2.80. The minimum Gasteiger partial charge on any atom is -0.463 e. The molecule has 8 nitrogen and oxygen atoms in total. The lowest BCUT2D eigenvalue weighted by atomic mass is 10.4. The molecule has 0 aliphatic heterocycles. The van der Waals surface area contributed by atoms with Gasteiger partial charge in [-0.2, -0.15) is 0 Å². The first-order valence-corrected chi connectivity index (χ1v) is 10.3. The fourth-order valence-corrected chi connectivity index (χ4v) is 5.11. The van der Waals surface area contributed by atoms with Gasteiger partial charge in [0.05, 0.1) is 11.5 Å². The normalized spacial score (nSPS) is 12.8. The van der Waals surface area contributed by atoms with Gasteiger partial charge in [0.1, 0.15) is 13.2 Å². The van der Waals surface area contributed by atoms with Gasteiger partial charge in [-0.1, -0.05) is 17.1 Å². The van der Waals surface area contributed by atoms with Crippen LogP contribution in [-0.4, -0.2) is 76.7 Å². The van der Waals surface area contributed by atoms with Crippen LogP contribution in [0.25, 0.3) is 0 Å². The molecular weight excluding hydrogens is 332 g/mol. The molecule has 0 aliphatic rings. The Morgan fingerprint density at radius 1 is 1.05 bits per heavy atom. The molecule has 0 atom stereocenters. The largest absolute Gasteiger partial charge is 0.463 e. The van der Waals surface area contributed by atoms with Crippen LogP contribution in [0.15, 0.2) is 0 Å². The standard InChI is InChI=1S/C12H26N2O6S2/c1-5-7-10-22(18,19)14(21(16,17)6-2)11-12(15)20-9-8-13(3)4/h5-11H2,1-4H3. The molecule has 0 spiro atoms. The van der Waals surface area contributed by atoms with E-state index in [1.165, 1.54) is 6.92 Å².